The van der Waals surface area contributed by atoms with Gasteiger partial charge in [-0.1, -0.05) is 0 Å². The minimum Gasteiger partial charge on any atom is -0.454 e. The number of amides is 2. The molecule has 2 N–H and O–H groups in total. The Balaban J connectivity index is 1.18. The van der Waals surface area contributed by atoms with Gasteiger partial charge in [0.15, 0.2) is 11.5 Å². The van der Waals surface area contributed by atoms with Crippen molar-refractivity contribution < 1.29 is 23.8 Å². The summed E-state index contributed by atoms with van der Waals surface area (Å²) in [6.07, 6.45) is 4.31. The van der Waals surface area contributed by atoms with E-state index in [0.717, 1.165) is 52.0 Å². The Labute approximate surface area is 164 Å². The van der Waals surface area contributed by atoms with E-state index in [2.05, 4.69) is 15.5 Å². The van der Waals surface area contributed by atoms with Crippen molar-refractivity contribution in [3.05, 3.63) is 18.2 Å². The van der Waals surface area contributed by atoms with E-state index in [1.54, 1.807) is 18.2 Å². The maximum Gasteiger partial charge on any atom is 0.313 e. The second-order valence-electron chi connectivity index (χ2n) is 7.56. The van der Waals surface area contributed by atoms with Crippen molar-refractivity contribution in [2.75, 3.05) is 45.0 Å². The molecule has 2 fully saturated rings. The quantitative estimate of drug-likeness (QED) is 0.756. The van der Waals surface area contributed by atoms with Gasteiger partial charge >= 0.3 is 11.8 Å². The highest BCUT2D eigenvalue weighted by atomic mass is 16.7. The van der Waals surface area contributed by atoms with Gasteiger partial charge in [-0.3, -0.25) is 9.59 Å². The highest BCUT2D eigenvalue weighted by Gasteiger charge is 2.27. The smallest absolute Gasteiger partial charge is 0.313 e. The maximum atomic E-state index is 12.1. The highest BCUT2D eigenvalue weighted by Crippen LogP contribution is 2.34. The van der Waals surface area contributed by atoms with Crippen LogP contribution in [0.2, 0.25) is 0 Å². The first-order valence-electron chi connectivity index (χ1n) is 9.99. The fraction of sp³-hybridized carbons (Fsp3) is 0.600. The van der Waals surface area contributed by atoms with Crippen molar-refractivity contribution in [3.8, 4) is 11.5 Å². The molecule has 0 radical (unpaired) electrons. The summed E-state index contributed by atoms with van der Waals surface area (Å²) in [7, 11) is 0. The minimum absolute atomic E-state index is 0.167. The summed E-state index contributed by atoms with van der Waals surface area (Å²) in [5.74, 6) is 0.338. The lowest BCUT2D eigenvalue weighted by atomic mass is 9.94. The fourth-order valence-corrected chi connectivity index (χ4v) is 4.05. The Morgan fingerprint density at radius 1 is 1.00 bits per heavy atom. The van der Waals surface area contributed by atoms with E-state index in [-0.39, 0.29) is 6.79 Å². The van der Waals surface area contributed by atoms with Gasteiger partial charge in [-0.2, -0.15) is 0 Å². The molecule has 8 heteroatoms. The van der Waals surface area contributed by atoms with Crippen molar-refractivity contribution in [1.82, 2.24) is 10.2 Å². The Morgan fingerprint density at radius 2 is 1.75 bits per heavy atom. The second kappa shape index (κ2) is 8.79. The number of nitrogens with one attached hydrogen (secondary N) is 2. The highest BCUT2D eigenvalue weighted by molar-refractivity contribution is 6.39. The van der Waals surface area contributed by atoms with E-state index in [1.807, 2.05) is 0 Å². The molecule has 0 spiro atoms. The van der Waals surface area contributed by atoms with Crippen LogP contribution in [0, 0.1) is 5.92 Å². The Bertz CT molecular complexity index is 712. The number of ether oxygens (including phenoxy) is 3. The number of hydrogen-bond donors (Lipinski definition) is 2. The molecule has 0 aromatic heterocycles. The Kier molecular flexibility index (Phi) is 5.97. The molecule has 8 nitrogen and oxygen atoms in total. The molecule has 2 amide bonds. The lowest BCUT2D eigenvalue weighted by Crippen LogP contribution is -2.46. The van der Waals surface area contributed by atoms with Gasteiger partial charge in [0.25, 0.3) is 0 Å². The zero-order valence-electron chi connectivity index (χ0n) is 15.9. The molecule has 0 atom stereocenters. The molecule has 3 aliphatic rings. The first-order chi connectivity index (χ1) is 13.7. The molecular formula is C20H27N3O5. The predicted molar refractivity (Wildman–Crippen MR) is 102 cm³/mol. The maximum absolute atomic E-state index is 12.1. The number of piperidine rings is 1. The summed E-state index contributed by atoms with van der Waals surface area (Å²) in [6.45, 7) is 4.52. The summed E-state index contributed by atoms with van der Waals surface area (Å²) in [5, 5.41) is 5.38. The van der Waals surface area contributed by atoms with Crippen molar-refractivity contribution in [2.24, 2.45) is 5.92 Å². The van der Waals surface area contributed by atoms with Crippen LogP contribution in [0.25, 0.3) is 0 Å². The average Bonchev–Trinajstić information content (AvgIpc) is 3.21. The van der Waals surface area contributed by atoms with Crippen LogP contribution in [0.15, 0.2) is 18.2 Å². The van der Waals surface area contributed by atoms with Gasteiger partial charge in [0, 0.05) is 37.6 Å². The average molecular weight is 389 g/mol. The van der Waals surface area contributed by atoms with Crippen molar-refractivity contribution in [3.63, 3.8) is 0 Å². The van der Waals surface area contributed by atoms with E-state index in [0.29, 0.717) is 35.7 Å². The SMILES string of the molecule is O=C(NCC1CCN(C2CCOCC2)CC1)C(=O)Nc1ccc2c(c1)OCO2. The monoisotopic (exact) mass is 389 g/mol. The van der Waals surface area contributed by atoms with Crippen molar-refractivity contribution in [2.45, 2.75) is 31.7 Å². The van der Waals surface area contributed by atoms with Gasteiger partial charge in [-0.25, -0.2) is 0 Å². The zero-order valence-corrected chi connectivity index (χ0v) is 15.9. The second-order valence-corrected chi connectivity index (χ2v) is 7.56. The van der Waals surface area contributed by atoms with Gasteiger partial charge in [0.1, 0.15) is 0 Å². The topological polar surface area (TPSA) is 89.1 Å². The third-order valence-electron chi connectivity index (χ3n) is 5.74. The number of rotatable bonds is 4. The third kappa shape index (κ3) is 4.56. The molecule has 1 aromatic carbocycles. The molecule has 4 rings (SSSR count). The van der Waals surface area contributed by atoms with Crippen LogP contribution in [0.1, 0.15) is 25.7 Å². The summed E-state index contributed by atoms with van der Waals surface area (Å²) in [6, 6.07) is 5.68. The first kappa shape index (κ1) is 19.0. The standard InChI is InChI=1S/C20H27N3O5/c24-19(20(25)22-15-1-2-17-18(11-15)28-13-27-17)21-12-14-3-7-23(8-4-14)16-5-9-26-10-6-16/h1-2,11,14,16H,3-10,12-13H2,(H,21,24)(H,22,25). The number of carbonyl (C=O) groups is 2. The summed E-state index contributed by atoms with van der Waals surface area (Å²) in [5.41, 5.74) is 0.508. The number of nitrogens with zero attached hydrogens (tertiary/aromatic N) is 1. The van der Waals surface area contributed by atoms with Crippen LogP contribution in [0.5, 0.6) is 11.5 Å². The molecule has 1 aromatic rings. The van der Waals surface area contributed by atoms with Gasteiger partial charge in [-0.05, 0) is 56.8 Å². The molecule has 3 heterocycles. The Morgan fingerprint density at radius 3 is 2.54 bits per heavy atom. The van der Waals surface area contributed by atoms with Crippen LogP contribution in [-0.2, 0) is 14.3 Å². The minimum atomic E-state index is -0.668. The van der Waals surface area contributed by atoms with E-state index in [4.69, 9.17) is 14.2 Å². The van der Waals surface area contributed by atoms with Gasteiger partial charge in [0.05, 0.1) is 0 Å². The van der Waals surface area contributed by atoms with Crippen LogP contribution < -0.4 is 20.1 Å². The largest absolute Gasteiger partial charge is 0.454 e. The molecular weight excluding hydrogens is 362 g/mol. The van der Waals surface area contributed by atoms with Crippen LogP contribution >= 0.6 is 0 Å². The normalized spacial score (nSPS) is 20.7. The third-order valence-corrected chi connectivity index (χ3v) is 5.74. The molecule has 0 saturated carbocycles. The van der Waals surface area contributed by atoms with Crippen molar-refractivity contribution in [1.29, 1.82) is 0 Å². The number of hydrogen-bond acceptors (Lipinski definition) is 6. The van der Waals surface area contributed by atoms with Gasteiger partial charge < -0.3 is 29.7 Å². The number of fused-ring (bicyclic) bond motifs is 1. The summed E-state index contributed by atoms with van der Waals surface area (Å²) in [4.78, 5) is 26.8. The molecule has 0 unspecified atom stereocenters. The molecule has 3 aliphatic heterocycles. The van der Waals surface area contributed by atoms with E-state index in [9.17, 15) is 9.59 Å². The zero-order chi connectivity index (χ0) is 19.3. The number of likely N-dealkylation sites (tertiary alicyclic amines) is 1. The summed E-state index contributed by atoms with van der Waals surface area (Å²) >= 11 is 0. The molecule has 28 heavy (non-hydrogen) atoms. The number of benzene rings is 1. The molecule has 2 saturated heterocycles. The van der Waals surface area contributed by atoms with Crippen molar-refractivity contribution >= 4 is 17.5 Å². The van der Waals surface area contributed by atoms with Crippen LogP contribution in [0.3, 0.4) is 0 Å². The first-order valence-corrected chi connectivity index (χ1v) is 9.99. The molecule has 152 valence electrons. The lowest BCUT2D eigenvalue weighted by Gasteiger charge is -2.39. The van der Waals surface area contributed by atoms with E-state index < -0.39 is 11.8 Å². The van der Waals surface area contributed by atoms with E-state index in [1.165, 1.54) is 0 Å². The fourth-order valence-electron chi connectivity index (χ4n) is 4.05. The summed E-state index contributed by atoms with van der Waals surface area (Å²) < 4.78 is 15.9. The van der Waals surface area contributed by atoms with Crippen LogP contribution in [0.4, 0.5) is 5.69 Å². The Hall–Kier alpha value is -2.32. The molecule has 0 bridgehead atoms. The van der Waals surface area contributed by atoms with Crippen LogP contribution in [-0.4, -0.2) is 62.4 Å². The number of carbonyl (C=O) groups excluding carboxylic acids is 2. The number of anilines is 1. The van der Waals surface area contributed by atoms with Gasteiger partial charge in [0.2, 0.25) is 6.79 Å². The predicted octanol–water partition coefficient (Wildman–Crippen LogP) is 1.36. The van der Waals surface area contributed by atoms with Gasteiger partial charge in [-0.15, -0.1) is 0 Å². The van der Waals surface area contributed by atoms with E-state index >= 15 is 0 Å². The lowest BCUT2D eigenvalue weighted by molar-refractivity contribution is -0.136. The molecule has 0 aliphatic carbocycles.